The molecule has 0 bridgehead atoms. The van der Waals surface area contributed by atoms with E-state index < -0.39 is 4.92 Å². The summed E-state index contributed by atoms with van der Waals surface area (Å²) < 4.78 is 5.70. The number of ether oxygens (including phenoxy) is 1. The predicted octanol–water partition coefficient (Wildman–Crippen LogP) is 3.99. The third kappa shape index (κ3) is 4.55. The van der Waals surface area contributed by atoms with Crippen molar-refractivity contribution in [1.82, 2.24) is 0 Å². The minimum Gasteiger partial charge on any atom is -0.491 e. The second-order valence-electron chi connectivity index (χ2n) is 5.72. The molecular formula is C18H20N2O4. The predicted molar refractivity (Wildman–Crippen MR) is 92.9 cm³/mol. The minimum absolute atomic E-state index is 0.120. The van der Waals surface area contributed by atoms with E-state index >= 15 is 0 Å². The van der Waals surface area contributed by atoms with Gasteiger partial charge in [0.15, 0.2) is 5.78 Å². The summed E-state index contributed by atoms with van der Waals surface area (Å²) in [5.41, 5.74) is 1.66. The van der Waals surface area contributed by atoms with Crippen LogP contribution in [0.15, 0.2) is 42.5 Å². The van der Waals surface area contributed by atoms with Crippen molar-refractivity contribution in [2.45, 2.75) is 26.8 Å². The molecule has 1 N–H and O–H groups in total. The number of rotatable bonds is 7. The summed E-state index contributed by atoms with van der Waals surface area (Å²) in [5, 5.41) is 14.3. The summed E-state index contributed by atoms with van der Waals surface area (Å²) in [4.78, 5) is 22.1. The van der Waals surface area contributed by atoms with Crippen molar-refractivity contribution < 1.29 is 14.5 Å². The lowest BCUT2D eigenvalue weighted by atomic mass is 10.1. The van der Waals surface area contributed by atoms with Crippen LogP contribution in [0, 0.1) is 17.0 Å². The first-order chi connectivity index (χ1) is 11.4. The van der Waals surface area contributed by atoms with Gasteiger partial charge in [0.25, 0.3) is 5.69 Å². The quantitative estimate of drug-likeness (QED) is 0.472. The summed E-state index contributed by atoms with van der Waals surface area (Å²) in [6, 6.07) is 12.0. The summed E-state index contributed by atoms with van der Waals surface area (Å²) in [7, 11) is 0. The Morgan fingerprint density at radius 2 is 2.04 bits per heavy atom. The molecule has 0 heterocycles. The van der Waals surface area contributed by atoms with Gasteiger partial charge in [0.1, 0.15) is 18.0 Å². The van der Waals surface area contributed by atoms with Crippen molar-refractivity contribution in [2.75, 3.05) is 11.9 Å². The van der Waals surface area contributed by atoms with Crippen molar-refractivity contribution in [3.63, 3.8) is 0 Å². The number of hydrogen-bond donors (Lipinski definition) is 1. The van der Waals surface area contributed by atoms with E-state index in [0.717, 1.165) is 11.3 Å². The van der Waals surface area contributed by atoms with Crippen LogP contribution in [-0.4, -0.2) is 23.4 Å². The van der Waals surface area contributed by atoms with Gasteiger partial charge in [-0.15, -0.1) is 0 Å². The average Bonchev–Trinajstić information content (AvgIpc) is 2.53. The Labute approximate surface area is 140 Å². The second-order valence-corrected chi connectivity index (χ2v) is 5.72. The Balaban J connectivity index is 2.06. The third-order valence-electron chi connectivity index (χ3n) is 3.49. The van der Waals surface area contributed by atoms with Crippen LogP contribution in [-0.2, 0) is 0 Å². The Kier molecular flexibility index (Phi) is 5.52. The van der Waals surface area contributed by atoms with Gasteiger partial charge in [0.2, 0.25) is 0 Å². The number of aryl methyl sites for hydroxylation is 1. The molecule has 1 unspecified atom stereocenters. The molecular weight excluding hydrogens is 308 g/mol. The lowest BCUT2D eigenvalue weighted by Crippen LogP contribution is -2.24. The minimum atomic E-state index is -0.497. The number of carbonyl (C=O) groups excluding carboxylic acids is 1. The Bertz CT molecular complexity index is 758. The zero-order valence-corrected chi connectivity index (χ0v) is 13.9. The van der Waals surface area contributed by atoms with Crippen LogP contribution in [0.5, 0.6) is 5.75 Å². The molecule has 0 saturated carbocycles. The number of hydrogen-bond acceptors (Lipinski definition) is 5. The summed E-state index contributed by atoms with van der Waals surface area (Å²) in [6.45, 7) is 5.59. The van der Waals surface area contributed by atoms with E-state index in [4.69, 9.17) is 4.74 Å². The van der Waals surface area contributed by atoms with E-state index in [-0.39, 0.29) is 17.5 Å². The molecule has 0 aliphatic carbocycles. The van der Waals surface area contributed by atoms with Crippen molar-refractivity contribution in [3.8, 4) is 5.75 Å². The molecule has 2 rings (SSSR count). The van der Waals surface area contributed by atoms with E-state index in [9.17, 15) is 14.9 Å². The average molecular weight is 328 g/mol. The van der Waals surface area contributed by atoms with E-state index in [1.54, 1.807) is 12.1 Å². The molecule has 0 saturated heterocycles. The molecule has 0 amide bonds. The number of nitrogens with zero attached hydrogens (tertiary/aromatic N) is 1. The standard InChI is InChI=1S/C18H20N2O4/c1-12-5-4-6-16(9-12)24-11-13(2)19-17-8-7-15(14(3)21)10-18(17)20(22)23/h4-10,13,19H,11H2,1-3H3. The molecule has 24 heavy (non-hydrogen) atoms. The number of Topliss-reactive ketones (excluding diaryl/α,β-unsaturated/α-hetero) is 1. The Morgan fingerprint density at radius 3 is 2.67 bits per heavy atom. The highest BCUT2D eigenvalue weighted by molar-refractivity contribution is 5.95. The van der Waals surface area contributed by atoms with E-state index in [2.05, 4.69) is 5.32 Å². The molecule has 0 aromatic heterocycles. The van der Waals surface area contributed by atoms with Crippen molar-refractivity contribution in [3.05, 3.63) is 63.7 Å². The molecule has 0 radical (unpaired) electrons. The lowest BCUT2D eigenvalue weighted by Gasteiger charge is -2.16. The number of anilines is 1. The van der Waals surface area contributed by atoms with E-state index in [1.807, 2.05) is 38.1 Å². The van der Waals surface area contributed by atoms with Crippen LogP contribution < -0.4 is 10.1 Å². The van der Waals surface area contributed by atoms with Crippen LogP contribution in [0.4, 0.5) is 11.4 Å². The monoisotopic (exact) mass is 328 g/mol. The normalized spacial score (nSPS) is 11.6. The van der Waals surface area contributed by atoms with E-state index in [0.29, 0.717) is 17.9 Å². The van der Waals surface area contributed by atoms with Gasteiger partial charge in [0, 0.05) is 11.6 Å². The molecule has 126 valence electrons. The van der Waals surface area contributed by atoms with Crippen LogP contribution in [0.1, 0.15) is 29.8 Å². The first-order valence-corrected chi connectivity index (χ1v) is 7.62. The highest BCUT2D eigenvalue weighted by Gasteiger charge is 2.17. The number of nitro groups is 1. The Morgan fingerprint density at radius 1 is 1.29 bits per heavy atom. The largest absolute Gasteiger partial charge is 0.491 e. The zero-order chi connectivity index (χ0) is 17.7. The van der Waals surface area contributed by atoms with Crippen molar-refractivity contribution >= 4 is 17.2 Å². The van der Waals surface area contributed by atoms with Crippen LogP contribution in [0.2, 0.25) is 0 Å². The second kappa shape index (κ2) is 7.59. The van der Waals surface area contributed by atoms with Crippen molar-refractivity contribution in [2.24, 2.45) is 0 Å². The van der Waals surface area contributed by atoms with Gasteiger partial charge in [-0.2, -0.15) is 0 Å². The van der Waals surface area contributed by atoms with Gasteiger partial charge < -0.3 is 10.1 Å². The Hall–Kier alpha value is -2.89. The highest BCUT2D eigenvalue weighted by Crippen LogP contribution is 2.26. The number of benzene rings is 2. The number of nitrogens with one attached hydrogen (secondary N) is 1. The van der Waals surface area contributed by atoms with Gasteiger partial charge in [-0.1, -0.05) is 12.1 Å². The molecule has 6 nitrogen and oxygen atoms in total. The van der Waals surface area contributed by atoms with Crippen LogP contribution >= 0.6 is 0 Å². The SMILES string of the molecule is CC(=O)c1ccc(NC(C)COc2cccc(C)c2)c([N+](=O)[O-])c1. The number of nitro benzene ring substituents is 1. The van der Waals surface area contributed by atoms with Crippen LogP contribution in [0.3, 0.4) is 0 Å². The van der Waals surface area contributed by atoms with Gasteiger partial charge in [-0.05, 0) is 50.6 Å². The molecule has 2 aromatic carbocycles. The molecule has 0 aliphatic rings. The summed E-state index contributed by atoms with van der Waals surface area (Å²) in [6.07, 6.45) is 0. The van der Waals surface area contributed by atoms with Gasteiger partial charge in [0.05, 0.1) is 11.0 Å². The maximum Gasteiger partial charge on any atom is 0.293 e. The number of carbonyl (C=O) groups is 1. The fourth-order valence-corrected chi connectivity index (χ4v) is 2.26. The third-order valence-corrected chi connectivity index (χ3v) is 3.49. The molecule has 6 heteroatoms. The van der Waals surface area contributed by atoms with Gasteiger partial charge in [-0.3, -0.25) is 14.9 Å². The molecule has 0 spiro atoms. The molecule has 0 aliphatic heterocycles. The topological polar surface area (TPSA) is 81.5 Å². The summed E-state index contributed by atoms with van der Waals surface area (Å²) in [5.74, 6) is 0.547. The van der Waals surface area contributed by atoms with Crippen LogP contribution in [0.25, 0.3) is 0 Å². The van der Waals surface area contributed by atoms with Gasteiger partial charge in [-0.25, -0.2) is 0 Å². The lowest BCUT2D eigenvalue weighted by molar-refractivity contribution is -0.384. The first kappa shape index (κ1) is 17.5. The van der Waals surface area contributed by atoms with E-state index in [1.165, 1.54) is 13.0 Å². The first-order valence-electron chi connectivity index (χ1n) is 7.62. The van der Waals surface area contributed by atoms with Crippen molar-refractivity contribution in [1.29, 1.82) is 0 Å². The fraction of sp³-hybridized carbons (Fsp3) is 0.278. The maximum absolute atomic E-state index is 11.4. The molecule has 2 aromatic rings. The zero-order valence-electron chi connectivity index (χ0n) is 13.9. The number of ketones is 1. The molecule has 1 atom stereocenters. The molecule has 0 fully saturated rings. The highest BCUT2D eigenvalue weighted by atomic mass is 16.6. The maximum atomic E-state index is 11.4. The smallest absolute Gasteiger partial charge is 0.293 e. The van der Waals surface area contributed by atoms with Gasteiger partial charge >= 0.3 is 0 Å². The summed E-state index contributed by atoms with van der Waals surface area (Å²) >= 11 is 0. The fourth-order valence-electron chi connectivity index (χ4n) is 2.26.